The molecule has 3 aromatic rings. The van der Waals surface area contributed by atoms with Crippen LogP contribution in [-0.2, 0) is 27.9 Å². The van der Waals surface area contributed by atoms with Gasteiger partial charge in [-0.3, -0.25) is 0 Å². The second-order valence-corrected chi connectivity index (χ2v) is 10.9. The van der Waals surface area contributed by atoms with Gasteiger partial charge in [0, 0.05) is 12.5 Å². The summed E-state index contributed by atoms with van der Waals surface area (Å²) in [6.45, 7) is 2.88. The summed E-state index contributed by atoms with van der Waals surface area (Å²) < 4.78 is 79.1. The lowest BCUT2D eigenvalue weighted by atomic mass is 9.93. The molecular weight excluding hydrogens is 511 g/mol. The molecule has 12 heteroatoms. The summed E-state index contributed by atoms with van der Waals surface area (Å²) in [4.78, 5) is 10.4. The molecule has 198 valence electrons. The largest absolute Gasteiger partial charge is 0.534 e. The minimum absolute atomic E-state index is 0.0476. The number of benzene rings is 2. The van der Waals surface area contributed by atoms with E-state index in [9.17, 15) is 21.6 Å². The molecule has 0 radical (unpaired) electrons. The van der Waals surface area contributed by atoms with Crippen molar-refractivity contribution >= 4 is 20.9 Å². The standard InChI is InChI=1S/C25H26F3N3O5S/c1-15-6-3-7-16-8-4-10-18(22(15)16)21-12-20-19(14-34-21)23(36-37(32,33)25(26,27)28)30-24(29-20)35-13-17-9-5-11-31(17)2/h3-4,6-8,10,17,21H,5,9,11-14H2,1-2H3. The van der Waals surface area contributed by atoms with Crippen LogP contribution in [-0.4, -0.2) is 55.0 Å². The van der Waals surface area contributed by atoms with Crippen LogP contribution in [0.3, 0.4) is 0 Å². The number of halogens is 3. The summed E-state index contributed by atoms with van der Waals surface area (Å²) in [6.07, 6.45) is 1.60. The topological polar surface area (TPSA) is 90.9 Å². The van der Waals surface area contributed by atoms with E-state index in [2.05, 4.69) is 19.1 Å². The van der Waals surface area contributed by atoms with Gasteiger partial charge in [0.15, 0.2) is 0 Å². The van der Waals surface area contributed by atoms with Crippen molar-refractivity contribution in [1.29, 1.82) is 0 Å². The Balaban J connectivity index is 1.51. The van der Waals surface area contributed by atoms with Crippen LogP contribution in [0.5, 0.6) is 11.9 Å². The molecule has 1 aromatic heterocycles. The molecule has 0 aliphatic carbocycles. The predicted octanol–water partition coefficient (Wildman–Crippen LogP) is 4.45. The molecule has 2 atom stereocenters. The number of hydrogen-bond donors (Lipinski definition) is 0. The van der Waals surface area contributed by atoms with E-state index in [4.69, 9.17) is 9.47 Å². The quantitative estimate of drug-likeness (QED) is 0.337. The van der Waals surface area contributed by atoms with E-state index in [1.165, 1.54) is 0 Å². The highest BCUT2D eigenvalue weighted by Crippen LogP contribution is 2.39. The number of aromatic nitrogens is 2. The molecule has 0 saturated carbocycles. The number of likely N-dealkylation sites (N-methyl/N-ethyl adjacent to an activating group) is 1. The molecule has 0 spiro atoms. The molecule has 0 amide bonds. The van der Waals surface area contributed by atoms with Gasteiger partial charge in [-0.2, -0.15) is 31.6 Å². The van der Waals surface area contributed by atoms with Crippen LogP contribution in [0.2, 0.25) is 0 Å². The minimum Gasteiger partial charge on any atom is -0.462 e. The normalized spacial score (nSPS) is 20.7. The van der Waals surface area contributed by atoms with Gasteiger partial charge in [0.05, 0.1) is 24.0 Å². The molecule has 1 saturated heterocycles. The first-order valence-electron chi connectivity index (χ1n) is 11.9. The molecule has 2 unspecified atom stereocenters. The molecule has 2 aromatic carbocycles. The first kappa shape index (κ1) is 25.7. The maximum atomic E-state index is 13.1. The van der Waals surface area contributed by atoms with Crippen molar-refractivity contribution in [3.05, 3.63) is 58.8 Å². The summed E-state index contributed by atoms with van der Waals surface area (Å²) >= 11 is 0. The van der Waals surface area contributed by atoms with E-state index in [0.717, 1.165) is 41.3 Å². The van der Waals surface area contributed by atoms with Crippen molar-refractivity contribution in [2.75, 3.05) is 20.2 Å². The van der Waals surface area contributed by atoms with Gasteiger partial charge in [-0.15, -0.1) is 0 Å². The zero-order valence-corrected chi connectivity index (χ0v) is 21.1. The van der Waals surface area contributed by atoms with Crippen molar-refractivity contribution in [2.45, 2.75) is 50.4 Å². The molecule has 2 aliphatic heterocycles. The van der Waals surface area contributed by atoms with E-state index >= 15 is 0 Å². The monoisotopic (exact) mass is 537 g/mol. The van der Waals surface area contributed by atoms with Gasteiger partial charge in [0.1, 0.15) is 6.61 Å². The highest BCUT2D eigenvalue weighted by atomic mass is 32.2. The molecule has 0 bridgehead atoms. The van der Waals surface area contributed by atoms with Crippen LogP contribution < -0.4 is 8.92 Å². The Morgan fingerprint density at radius 1 is 1.16 bits per heavy atom. The lowest BCUT2D eigenvalue weighted by Gasteiger charge is -2.27. The van der Waals surface area contributed by atoms with Crippen LogP contribution in [0.4, 0.5) is 13.2 Å². The Bertz CT molecular complexity index is 1430. The van der Waals surface area contributed by atoms with Gasteiger partial charge in [-0.1, -0.05) is 36.4 Å². The Labute approximate surface area is 212 Å². The van der Waals surface area contributed by atoms with Gasteiger partial charge < -0.3 is 18.6 Å². The van der Waals surface area contributed by atoms with Crippen LogP contribution in [0.15, 0.2) is 36.4 Å². The maximum absolute atomic E-state index is 13.1. The highest BCUT2D eigenvalue weighted by Gasteiger charge is 2.49. The molecule has 2 aliphatic rings. The fraction of sp³-hybridized carbons (Fsp3) is 0.440. The van der Waals surface area contributed by atoms with Gasteiger partial charge >= 0.3 is 21.6 Å². The van der Waals surface area contributed by atoms with Gasteiger partial charge in [-0.25, -0.2) is 0 Å². The summed E-state index contributed by atoms with van der Waals surface area (Å²) in [6, 6.07) is 11.6. The molecular formula is C25H26F3N3O5S. The number of alkyl halides is 3. The number of fused-ring (bicyclic) bond motifs is 2. The van der Waals surface area contributed by atoms with E-state index in [0.29, 0.717) is 5.69 Å². The van der Waals surface area contributed by atoms with E-state index in [1.54, 1.807) is 0 Å². The Morgan fingerprint density at radius 2 is 1.92 bits per heavy atom. The summed E-state index contributed by atoms with van der Waals surface area (Å²) in [5.74, 6) is -0.732. The first-order chi connectivity index (χ1) is 17.5. The summed E-state index contributed by atoms with van der Waals surface area (Å²) in [5, 5.41) is 2.05. The number of likely N-dealkylation sites (tertiary alicyclic amines) is 1. The van der Waals surface area contributed by atoms with Crippen molar-refractivity contribution in [3.8, 4) is 11.9 Å². The third-order valence-corrected chi connectivity index (χ3v) is 7.83. The van der Waals surface area contributed by atoms with Gasteiger partial charge in [0.2, 0.25) is 5.88 Å². The molecule has 5 rings (SSSR count). The zero-order chi connectivity index (χ0) is 26.4. The van der Waals surface area contributed by atoms with E-state index < -0.39 is 27.6 Å². The number of hydrogen-bond acceptors (Lipinski definition) is 8. The van der Waals surface area contributed by atoms with E-state index in [-0.39, 0.29) is 37.3 Å². The SMILES string of the molecule is Cc1cccc2cccc(C3Cc4nc(OCC5CCCN5C)nc(OS(=O)(=O)C(F)(F)F)c4CO3)c12. The van der Waals surface area contributed by atoms with Crippen molar-refractivity contribution in [1.82, 2.24) is 14.9 Å². The Hall–Kier alpha value is -2.96. The fourth-order valence-electron chi connectivity index (χ4n) is 4.89. The average molecular weight is 538 g/mol. The predicted molar refractivity (Wildman–Crippen MR) is 129 cm³/mol. The van der Waals surface area contributed by atoms with Crippen LogP contribution >= 0.6 is 0 Å². The molecule has 0 N–H and O–H groups in total. The average Bonchev–Trinajstić information content (AvgIpc) is 3.26. The van der Waals surface area contributed by atoms with Gasteiger partial charge in [0.25, 0.3) is 0 Å². The summed E-state index contributed by atoms with van der Waals surface area (Å²) in [5.41, 5.74) is -3.29. The second-order valence-electron chi connectivity index (χ2n) is 9.33. The van der Waals surface area contributed by atoms with Crippen molar-refractivity contribution in [3.63, 3.8) is 0 Å². The first-order valence-corrected chi connectivity index (χ1v) is 13.3. The molecule has 3 heterocycles. The lowest BCUT2D eigenvalue weighted by molar-refractivity contribution is -0.0503. The van der Waals surface area contributed by atoms with Crippen molar-refractivity contribution in [2.24, 2.45) is 0 Å². The third kappa shape index (κ3) is 5.10. The number of ether oxygens (including phenoxy) is 2. The lowest BCUT2D eigenvalue weighted by Crippen LogP contribution is -2.31. The highest BCUT2D eigenvalue weighted by molar-refractivity contribution is 7.87. The number of aryl methyl sites for hydroxylation is 1. The third-order valence-electron chi connectivity index (χ3n) is 6.88. The van der Waals surface area contributed by atoms with Crippen LogP contribution in [0, 0.1) is 6.92 Å². The molecule has 8 nitrogen and oxygen atoms in total. The minimum atomic E-state index is -5.95. The van der Waals surface area contributed by atoms with Crippen molar-refractivity contribution < 1.29 is 35.2 Å². The number of nitrogens with zero attached hydrogens (tertiary/aromatic N) is 3. The zero-order valence-electron chi connectivity index (χ0n) is 20.3. The number of rotatable bonds is 6. The van der Waals surface area contributed by atoms with Crippen LogP contribution in [0.25, 0.3) is 10.8 Å². The maximum Gasteiger partial charge on any atom is 0.534 e. The Kier molecular flexibility index (Phi) is 6.75. The molecule has 37 heavy (non-hydrogen) atoms. The molecule has 1 fully saturated rings. The summed E-state index contributed by atoms with van der Waals surface area (Å²) in [7, 11) is -4.00. The van der Waals surface area contributed by atoms with Gasteiger partial charge in [-0.05, 0) is 55.3 Å². The Morgan fingerprint density at radius 3 is 2.62 bits per heavy atom. The fourth-order valence-corrected chi connectivity index (χ4v) is 5.33. The second kappa shape index (κ2) is 9.73. The van der Waals surface area contributed by atoms with Crippen LogP contribution in [0.1, 0.15) is 41.3 Å². The smallest absolute Gasteiger partial charge is 0.462 e. The van der Waals surface area contributed by atoms with E-state index in [1.807, 2.05) is 50.4 Å².